The molecule has 1 aromatic carbocycles. The number of nitrogens with zero attached hydrogens (tertiary/aromatic N) is 2. The van der Waals surface area contributed by atoms with Gasteiger partial charge in [0.05, 0.1) is 64.2 Å². The molecule has 1 rings (SSSR count). The van der Waals surface area contributed by atoms with Crippen LogP contribution in [-0.4, -0.2) is 28.4 Å². The van der Waals surface area contributed by atoms with E-state index >= 15 is 0 Å². The number of methoxy groups -OCH3 is 4. The van der Waals surface area contributed by atoms with Crippen molar-refractivity contribution in [2.45, 2.75) is 12.8 Å². The lowest BCUT2D eigenvalue weighted by molar-refractivity contribution is 0.334. The van der Waals surface area contributed by atoms with Crippen molar-refractivity contribution in [2.75, 3.05) is 28.4 Å². The van der Waals surface area contributed by atoms with Crippen molar-refractivity contribution in [3.8, 4) is 23.6 Å². The summed E-state index contributed by atoms with van der Waals surface area (Å²) >= 11 is 0. The van der Waals surface area contributed by atoms with Crippen LogP contribution in [-0.2, 0) is 22.3 Å². The number of hydrogen-bond acceptors (Lipinski definition) is 6. The molecule has 0 unspecified atom stereocenters. The summed E-state index contributed by atoms with van der Waals surface area (Å²) in [5.74, 6) is 1.11. The first-order valence-electron chi connectivity index (χ1n) is 7.11. The number of nitriles is 2. The molecule has 6 nitrogen and oxygen atoms in total. The highest BCUT2D eigenvalue weighted by molar-refractivity contribution is 5.51. The van der Waals surface area contributed by atoms with Crippen molar-refractivity contribution < 1.29 is 18.9 Å². The van der Waals surface area contributed by atoms with Gasteiger partial charge in [-0.2, -0.15) is 10.5 Å². The maximum Gasteiger partial charge on any atom is 0.161 e. The van der Waals surface area contributed by atoms with Crippen LogP contribution in [0.2, 0.25) is 0 Å². The van der Waals surface area contributed by atoms with Gasteiger partial charge in [-0.1, -0.05) is 0 Å². The molecule has 0 atom stereocenters. The third-order valence-corrected chi connectivity index (χ3v) is 3.28. The van der Waals surface area contributed by atoms with Gasteiger partial charge >= 0.3 is 0 Å². The molecule has 0 bridgehead atoms. The SMILES string of the molecule is COC=C(C#N)Cc1cc(OC)c(OC)cc1CC(C#N)=COC. The summed E-state index contributed by atoms with van der Waals surface area (Å²) in [5, 5.41) is 18.4. The largest absolute Gasteiger partial charge is 0.503 e. The summed E-state index contributed by atoms with van der Waals surface area (Å²) in [6.45, 7) is 0. The van der Waals surface area contributed by atoms with Gasteiger partial charge in [-0.3, -0.25) is 0 Å². The fourth-order valence-corrected chi connectivity index (χ4v) is 2.20. The summed E-state index contributed by atoms with van der Waals surface area (Å²) in [5.41, 5.74) is 2.60. The molecule has 1 aromatic rings. The molecular weight excluding hydrogens is 308 g/mol. The Kier molecular flexibility index (Phi) is 7.73. The van der Waals surface area contributed by atoms with Crippen LogP contribution in [0, 0.1) is 22.7 Å². The molecule has 0 saturated carbocycles. The van der Waals surface area contributed by atoms with Crippen LogP contribution >= 0.6 is 0 Å². The predicted molar refractivity (Wildman–Crippen MR) is 88.4 cm³/mol. The van der Waals surface area contributed by atoms with Gasteiger partial charge in [0.2, 0.25) is 0 Å². The summed E-state index contributed by atoms with van der Waals surface area (Å²) in [6.07, 6.45) is 3.50. The fraction of sp³-hybridized carbons (Fsp3) is 0.333. The molecule has 0 heterocycles. The molecule has 126 valence electrons. The monoisotopic (exact) mass is 328 g/mol. The molecule has 0 spiro atoms. The zero-order chi connectivity index (χ0) is 17.9. The number of rotatable bonds is 8. The molecule has 0 radical (unpaired) electrons. The number of benzene rings is 1. The molecule has 24 heavy (non-hydrogen) atoms. The normalized spacial score (nSPS) is 11.2. The maximum absolute atomic E-state index is 9.21. The third-order valence-electron chi connectivity index (χ3n) is 3.28. The lowest BCUT2D eigenvalue weighted by Crippen LogP contribution is -2.02. The number of ether oxygens (including phenoxy) is 4. The lowest BCUT2D eigenvalue weighted by Gasteiger charge is -2.14. The first-order valence-corrected chi connectivity index (χ1v) is 7.11. The summed E-state index contributed by atoms with van der Waals surface area (Å²) in [4.78, 5) is 0. The standard InChI is InChI=1S/C18H20N2O4/c1-21-11-13(9-19)5-15-7-17(23-3)18(24-4)8-16(15)6-14(10-20)12-22-2/h7-8,11-12H,5-6H2,1-4H3. The van der Waals surface area contributed by atoms with E-state index in [1.807, 2.05) is 0 Å². The van der Waals surface area contributed by atoms with Crippen molar-refractivity contribution >= 4 is 0 Å². The lowest BCUT2D eigenvalue weighted by atomic mass is 9.95. The van der Waals surface area contributed by atoms with E-state index in [1.54, 1.807) is 26.4 Å². The van der Waals surface area contributed by atoms with Crippen molar-refractivity contribution in [1.29, 1.82) is 10.5 Å². The van der Waals surface area contributed by atoms with Gasteiger partial charge < -0.3 is 18.9 Å². The van der Waals surface area contributed by atoms with Crippen LogP contribution in [0.15, 0.2) is 35.8 Å². The Balaban J connectivity index is 3.37. The number of allylic oxidation sites excluding steroid dienone is 2. The molecule has 0 aromatic heterocycles. The average Bonchev–Trinajstić information content (AvgIpc) is 2.61. The van der Waals surface area contributed by atoms with Gasteiger partial charge in [-0.25, -0.2) is 0 Å². The van der Waals surface area contributed by atoms with E-state index < -0.39 is 0 Å². The van der Waals surface area contributed by atoms with E-state index in [0.717, 1.165) is 11.1 Å². The van der Waals surface area contributed by atoms with E-state index in [4.69, 9.17) is 18.9 Å². The highest BCUT2D eigenvalue weighted by atomic mass is 16.5. The van der Waals surface area contributed by atoms with Crippen LogP contribution in [0.5, 0.6) is 11.5 Å². The second-order valence-corrected chi connectivity index (χ2v) is 4.81. The number of hydrogen-bond donors (Lipinski definition) is 0. The van der Waals surface area contributed by atoms with Crippen molar-refractivity contribution in [2.24, 2.45) is 0 Å². The van der Waals surface area contributed by atoms with Gasteiger partial charge in [-0.05, 0) is 23.3 Å². The third kappa shape index (κ3) is 4.96. The highest BCUT2D eigenvalue weighted by Gasteiger charge is 2.14. The van der Waals surface area contributed by atoms with Crippen molar-refractivity contribution in [3.63, 3.8) is 0 Å². The average molecular weight is 328 g/mol. The Labute approximate surface area is 142 Å². The van der Waals surface area contributed by atoms with Crippen LogP contribution in [0.4, 0.5) is 0 Å². The van der Waals surface area contributed by atoms with E-state index in [0.29, 0.717) is 35.5 Å². The van der Waals surface area contributed by atoms with Crippen LogP contribution < -0.4 is 9.47 Å². The van der Waals surface area contributed by atoms with E-state index in [2.05, 4.69) is 12.1 Å². The topological polar surface area (TPSA) is 84.5 Å². The second kappa shape index (κ2) is 9.81. The van der Waals surface area contributed by atoms with Gasteiger partial charge in [0, 0.05) is 12.8 Å². The van der Waals surface area contributed by atoms with Crippen LogP contribution in [0.25, 0.3) is 0 Å². The van der Waals surface area contributed by atoms with Crippen molar-refractivity contribution in [1.82, 2.24) is 0 Å². The second-order valence-electron chi connectivity index (χ2n) is 4.81. The zero-order valence-electron chi connectivity index (χ0n) is 14.3. The molecule has 0 fully saturated rings. The Morgan fingerprint density at radius 3 is 1.46 bits per heavy atom. The van der Waals surface area contributed by atoms with Crippen LogP contribution in [0.3, 0.4) is 0 Å². The minimum atomic E-state index is 0.353. The molecule has 0 aliphatic carbocycles. The summed E-state index contributed by atoms with van der Waals surface area (Å²) in [6, 6.07) is 7.80. The van der Waals surface area contributed by atoms with Gasteiger partial charge in [0.25, 0.3) is 0 Å². The molecule has 0 aliphatic rings. The quantitative estimate of drug-likeness (QED) is 0.539. The minimum absolute atomic E-state index is 0.353. The summed E-state index contributed by atoms with van der Waals surface area (Å²) in [7, 11) is 6.07. The Morgan fingerprint density at radius 2 is 1.21 bits per heavy atom. The molecule has 6 heteroatoms. The zero-order valence-corrected chi connectivity index (χ0v) is 14.3. The first kappa shape index (κ1) is 18.9. The minimum Gasteiger partial charge on any atom is -0.503 e. The van der Waals surface area contributed by atoms with Gasteiger partial charge in [-0.15, -0.1) is 0 Å². The van der Waals surface area contributed by atoms with E-state index in [-0.39, 0.29) is 0 Å². The molecule has 0 saturated heterocycles. The van der Waals surface area contributed by atoms with Crippen LogP contribution in [0.1, 0.15) is 11.1 Å². The maximum atomic E-state index is 9.21. The predicted octanol–water partition coefficient (Wildman–Crippen LogP) is 2.90. The fourth-order valence-electron chi connectivity index (χ4n) is 2.20. The highest BCUT2D eigenvalue weighted by Crippen LogP contribution is 2.32. The molecule has 0 N–H and O–H groups in total. The molecule has 0 amide bonds. The molecular formula is C18H20N2O4. The van der Waals surface area contributed by atoms with Gasteiger partial charge in [0.15, 0.2) is 11.5 Å². The smallest absolute Gasteiger partial charge is 0.161 e. The Morgan fingerprint density at radius 1 is 0.833 bits per heavy atom. The van der Waals surface area contributed by atoms with E-state index in [9.17, 15) is 10.5 Å². The Hall–Kier alpha value is -3.12. The Bertz CT molecular complexity index is 648. The van der Waals surface area contributed by atoms with E-state index in [1.165, 1.54) is 26.7 Å². The van der Waals surface area contributed by atoms with Crippen molar-refractivity contribution in [3.05, 3.63) is 46.9 Å². The summed E-state index contributed by atoms with van der Waals surface area (Å²) < 4.78 is 20.5. The molecule has 0 aliphatic heterocycles. The van der Waals surface area contributed by atoms with Gasteiger partial charge in [0.1, 0.15) is 0 Å². The first-order chi connectivity index (χ1) is 11.6.